The van der Waals surface area contributed by atoms with E-state index in [4.69, 9.17) is 14.2 Å². The van der Waals surface area contributed by atoms with Gasteiger partial charge in [0.05, 0.1) is 25.4 Å². The van der Waals surface area contributed by atoms with Gasteiger partial charge in [-0.05, 0) is 77.0 Å². The molecule has 0 aromatic rings. The Kier molecular flexibility index (Phi) is 44.4. The fourth-order valence-electron chi connectivity index (χ4n) is 8.34. The van der Waals surface area contributed by atoms with E-state index in [1.165, 1.54) is 89.9 Å². The number of aliphatic hydroxyl groups excluding tert-OH is 5. The summed E-state index contributed by atoms with van der Waals surface area (Å²) in [5.41, 5.74) is 0. The van der Waals surface area contributed by atoms with E-state index in [1.54, 1.807) is 6.08 Å². The standard InChI is InChI=1S/C60H103NO10/c1-4-7-10-13-16-19-22-24-25-26-27-28-29-30-33-36-39-42-45-48-55(65)71-58-57(67)56(66)54(49-62)70-60(58)69-50-51(52(63)46-43-40-37-34-31-21-18-15-12-9-6-3)61-59(68)53(64)47-44-41-38-35-32-23-20-17-14-11-8-5-2/h8,11,14,16-17,19-20,23-25,32,35,43,46,51-54,56-58,60,62-64,66-67H,4-7,9-10,12-13,15,18,21-22,26-31,33-34,36-42,44-45,47-50H2,1-3H3,(H,61,68)/b11-8+,17-14+,19-16-,23-20-,25-24-,35-32-,46-43+. The zero-order valence-corrected chi connectivity index (χ0v) is 44.8. The van der Waals surface area contributed by atoms with Crippen molar-refractivity contribution in [2.75, 3.05) is 13.2 Å². The van der Waals surface area contributed by atoms with E-state index in [-0.39, 0.29) is 19.4 Å². The summed E-state index contributed by atoms with van der Waals surface area (Å²) in [6, 6.07) is -1.05. The molecular formula is C60H103NO10. The maximum Gasteiger partial charge on any atom is 0.306 e. The van der Waals surface area contributed by atoms with Gasteiger partial charge in [0, 0.05) is 6.42 Å². The van der Waals surface area contributed by atoms with Crippen LogP contribution in [0.25, 0.3) is 0 Å². The van der Waals surface area contributed by atoms with E-state index >= 15 is 0 Å². The van der Waals surface area contributed by atoms with Gasteiger partial charge >= 0.3 is 5.97 Å². The molecule has 0 saturated carbocycles. The van der Waals surface area contributed by atoms with Crippen molar-refractivity contribution >= 4 is 11.9 Å². The van der Waals surface area contributed by atoms with Crippen molar-refractivity contribution in [3.63, 3.8) is 0 Å². The van der Waals surface area contributed by atoms with E-state index in [0.717, 1.165) is 83.5 Å². The van der Waals surface area contributed by atoms with Crippen LogP contribution in [0.3, 0.4) is 0 Å². The van der Waals surface area contributed by atoms with Crippen LogP contribution in [0.4, 0.5) is 0 Å². The minimum atomic E-state index is -1.63. The molecule has 11 nitrogen and oxygen atoms in total. The molecule has 71 heavy (non-hydrogen) atoms. The van der Waals surface area contributed by atoms with Crippen LogP contribution < -0.4 is 5.32 Å². The lowest BCUT2D eigenvalue weighted by Gasteiger charge is -2.41. The number of ether oxygens (including phenoxy) is 3. The Labute approximate surface area is 432 Å². The lowest BCUT2D eigenvalue weighted by atomic mass is 9.99. The molecule has 6 N–H and O–H groups in total. The van der Waals surface area contributed by atoms with Gasteiger partial charge in [-0.1, -0.05) is 221 Å². The largest absolute Gasteiger partial charge is 0.454 e. The van der Waals surface area contributed by atoms with Crippen LogP contribution in [0.1, 0.15) is 220 Å². The highest BCUT2D eigenvalue weighted by Crippen LogP contribution is 2.26. The van der Waals surface area contributed by atoms with Crippen LogP contribution in [0.5, 0.6) is 0 Å². The molecule has 408 valence electrons. The third-order valence-corrected chi connectivity index (χ3v) is 12.9. The van der Waals surface area contributed by atoms with E-state index in [9.17, 15) is 35.1 Å². The highest BCUT2D eigenvalue weighted by molar-refractivity contribution is 5.80. The minimum Gasteiger partial charge on any atom is -0.454 e. The van der Waals surface area contributed by atoms with Crippen LogP contribution >= 0.6 is 0 Å². The van der Waals surface area contributed by atoms with Gasteiger partial charge in [-0.15, -0.1) is 0 Å². The van der Waals surface area contributed by atoms with E-state index < -0.39 is 67.4 Å². The third-order valence-electron chi connectivity index (χ3n) is 12.9. The summed E-state index contributed by atoms with van der Waals surface area (Å²) in [6.07, 6.45) is 50.6. The zero-order valence-electron chi connectivity index (χ0n) is 44.8. The van der Waals surface area contributed by atoms with Crippen molar-refractivity contribution < 1.29 is 49.3 Å². The summed E-state index contributed by atoms with van der Waals surface area (Å²) in [5, 5.41) is 56.7. The summed E-state index contributed by atoms with van der Waals surface area (Å²) < 4.78 is 17.5. The summed E-state index contributed by atoms with van der Waals surface area (Å²) in [5.74, 6) is -1.25. The first-order valence-electron chi connectivity index (χ1n) is 28.4. The molecule has 1 amide bonds. The van der Waals surface area contributed by atoms with E-state index in [0.29, 0.717) is 12.8 Å². The Morgan fingerprint density at radius 3 is 1.66 bits per heavy atom. The molecule has 1 aliphatic heterocycles. The Bertz CT molecular complexity index is 1470. The van der Waals surface area contributed by atoms with Crippen LogP contribution in [-0.4, -0.2) is 99.6 Å². The van der Waals surface area contributed by atoms with Gasteiger partial charge in [0.1, 0.15) is 24.4 Å². The van der Waals surface area contributed by atoms with Gasteiger partial charge in [0.15, 0.2) is 12.4 Å². The molecule has 1 rings (SSSR count). The summed E-state index contributed by atoms with van der Waals surface area (Å²) >= 11 is 0. The molecule has 0 spiro atoms. The molecule has 1 fully saturated rings. The normalized spacial score (nSPS) is 20.3. The van der Waals surface area contributed by atoms with E-state index in [2.05, 4.69) is 56.5 Å². The number of hydrogen-bond donors (Lipinski definition) is 6. The first-order valence-corrected chi connectivity index (χ1v) is 28.4. The maximum absolute atomic E-state index is 13.3. The predicted octanol–water partition coefficient (Wildman–Crippen LogP) is 12.6. The highest BCUT2D eigenvalue weighted by Gasteiger charge is 2.47. The second-order valence-corrected chi connectivity index (χ2v) is 19.4. The number of carbonyl (C=O) groups excluding carboxylic acids is 2. The third kappa shape index (κ3) is 36.4. The number of rotatable bonds is 46. The maximum atomic E-state index is 13.3. The average molecular weight is 998 g/mol. The topological polar surface area (TPSA) is 175 Å². The molecular weight excluding hydrogens is 895 g/mol. The van der Waals surface area contributed by atoms with Gasteiger partial charge in [0.25, 0.3) is 0 Å². The molecule has 0 radical (unpaired) electrons. The van der Waals surface area contributed by atoms with Crippen molar-refractivity contribution in [1.82, 2.24) is 5.32 Å². The Morgan fingerprint density at radius 2 is 1.07 bits per heavy atom. The molecule has 0 aliphatic carbocycles. The molecule has 1 saturated heterocycles. The lowest BCUT2D eigenvalue weighted by Crippen LogP contribution is -2.61. The first kappa shape index (κ1) is 65.9. The molecule has 1 heterocycles. The van der Waals surface area contributed by atoms with Crippen LogP contribution in [0.2, 0.25) is 0 Å². The molecule has 1 aliphatic rings. The van der Waals surface area contributed by atoms with Gasteiger partial charge < -0.3 is 45.1 Å². The smallest absolute Gasteiger partial charge is 0.306 e. The van der Waals surface area contributed by atoms with Gasteiger partial charge in [-0.2, -0.15) is 0 Å². The first-order chi connectivity index (χ1) is 34.7. The Morgan fingerprint density at radius 1 is 0.577 bits per heavy atom. The number of allylic oxidation sites excluding steroid dienone is 13. The SMILES string of the molecule is CC/C=C/C=C/C=C\C=C/CCCCC(O)C(=O)NC(COC1OC(CO)C(O)C(O)C1OC(=O)CCCCCCCCCCC/C=C\C/C=C\CCCCC)C(O)/C=C/CCCCCCCCCCC. The summed E-state index contributed by atoms with van der Waals surface area (Å²) in [6.45, 7) is 5.56. The molecule has 0 bridgehead atoms. The fraction of sp³-hybridized carbons (Fsp3) is 0.733. The number of aliphatic hydroxyl groups is 5. The average Bonchev–Trinajstić information content (AvgIpc) is 3.37. The number of carbonyl (C=O) groups is 2. The zero-order chi connectivity index (χ0) is 51.8. The predicted molar refractivity (Wildman–Crippen MR) is 292 cm³/mol. The molecule has 11 heteroatoms. The molecule has 8 unspecified atom stereocenters. The highest BCUT2D eigenvalue weighted by atomic mass is 16.7. The quantitative estimate of drug-likeness (QED) is 0.0149. The second-order valence-electron chi connectivity index (χ2n) is 19.4. The number of unbranched alkanes of at least 4 members (excludes halogenated alkanes) is 23. The van der Waals surface area contributed by atoms with Gasteiger partial charge in [-0.3, -0.25) is 9.59 Å². The second kappa shape index (κ2) is 47.8. The minimum absolute atomic E-state index is 0.110. The Balaban J connectivity index is 2.72. The lowest BCUT2D eigenvalue weighted by molar-refractivity contribution is -0.305. The van der Waals surface area contributed by atoms with Crippen molar-refractivity contribution in [3.8, 4) is 0 Å². The number of amides is 1. The summed E-state index contributed by atoms with van der Waals surface area (Å²) in [4.78, 5) is 26.4. The molecule has 0 aromatic heterocycles. The monoisotopic (exact) mass is 998 g/mol. The van der Waals surface area contributed by atoms with E-state index in [1.807, 2.05) is 48.6 Å². The summed E-state index contributed by atoms with van der Waals surface area (Å²) in [7, 11) is 0. The van der Waals surface area contributed by atoms with Crippen molar-refractivity contribution in [2.24, 2.45) is 0 Å². The van der Waals surface area contributed by atoms with Crippen molar-refractivity contribution in [1.29, 1.82) is 0 Å². The van der Waals surface area contributed by atoms with Gasteiger partial charge in [-0.25, -0.2) is 0 Å². The van der Waals surface area contributed by atoms with Crippen molar-refractivity contribution in [2.45, 2.75) is 269 Å². The Hall–Kier alpha value is -3.16. The van der Waals surface area contributed by atoms with Gasteiger partial charge in [0.2, 0.25) is 5.91 Å². The number of hydrogen-bond acceptors (Lipinski definition) is 10. The number of nitrogens with one attached hydrogen (secondary N) is 1. The van der Waals surface area contributed by atoms with Crippen molar-refractivity contribution in [3.05, 3.63) is 85.1 Å². The van der Waals surface area contributed by atoms with Crippen LogP contribution in [-0.2, 0) is 23.8 Å². The molecule has 8 atom stereocenters. The number of esters is 1. The van der Waals surface area contributed by atoms with Crippen LogP contribution in [0, 0.1) is 0 Å². The molecule has 0 aromatic carbocycles. The fourth-order valence-corrected chi connectivity index (χ4v) is 8.34. The van der Waals surface area contributed by atoms with Crippen LogP contribution in [0.15, 0.2) is 85.1 Å².